The van der Waals surface area contributed by atoms with Crippen LogP contribution in [0.25, 0.3) is 0 Å². The first kappa shape index (κ1) is 219. The van der Waals surface area contributed by atoms with Crippen LogP contribution in [0.5, 0.6) is 0 Å². The van der Waals surface area contributed by atoms with Gasteiger partial charge in [-0.3, -0.25) is 0 Å². The first-order valence-corrected chi connectivity index (χ1v) is 46.3. The summed E-state index contributed by atoms with van der Waals surface area (Å²) in [5, 5.41) is 0. The lowest BCUT2D eigenvalue weighted by Crippen LogP contribution is -1.88. The molecule has 0 fully saturated rings. The summed E-state index contributed by atoms with van der Waals surface area (Å²) < 4.78 is 0. The third-order valence-corrected chi connectivity index (χ3v) is 8.05. The van der Waals surface area contributed by atoms with Gasteiger partial charge >= 0.3 is 0 Å². The maximum Gasteiger partial charge on any atom is -0.0282 e. The molecule has 112 heavy (non-hydrogen) atoms. The quantitative estimate of drug-likeness (QED) is 0.194. The van der Waals surface area contributed by atoms with Crippen molar-refractivity contribution in [1.82, 2.24) is 0 Å². The maximum absolute atomic E-state index is 3.89. The van der Waals surface area contributed by atoms with Gasteiger partial charge in [-0.25, -0.2) is 0 Å². The van der Waals surface area contributed by atoms with Crippen molar-refractivity contribution in [2.24, 2.45) is 0 Å². The Morgan fingerprint density at radius 3 is 0.330 bits per heavy atom. The molecule has 4 aliphatic rings. The summed E-state index contributed by atoms with van der Waals surface area (Å²) in [6.07, 6.45) is 28.2. The zero-order valence-electron chi connectivity index (χ0n) is 92.4. The molecule has 0 heterocycles. The van der Waals surface area contributed by atoms with E-state index in [1.807, 2.05) is 332 Å². The third kappa shape index (κ3) is 457. The van der Waals surface area contributed by atoms with Crippen molar-refractivity contribution in [3.63, 3.8) is 0 Å². The third-order valence-electron chi connectivity index (χ3n) is 8.05. The highest BCUT2D eigenvalue weighted by molar-refractivity contribution is 5.25. The Morgan fingerprint density at radius 1 is 0.188 bits per heavy atom. The second-order valence-electron chi connectivity index (χ2n) is 14.7. The number of allylic oxidation sites excluding steroid dienone is 16. The number of hydrogen-bond acceptors (Lipinski definition) is 0. The van der Waals surface area contributed by atoms with Crippen LogP contribution in [-0.4, -0.2) is 0 Å². The van der Waals surface area contributed by atoms with Crippen LogP contribution in [0.2, 0.25) is 0 Å². The van der Waals surface area contributed by atoms with E-state index in [9.17, 15) is 0 Å². The molecular formula is C112H248. The molecule has 0 heteroatoms. The SMILES string of the molecule is C=C.C=C.C=C.C=C.C=C.C=C.C=C.C=C.C=C1C=C(C)CCC1.C=C1C=C(C)CCC1.C=C1C=C(C)CCC1.C=C1C=C(C)CCC1.CC.CC.CC.CC.CC.CC.CC.CC.CC.CC.CC.CC.CC.CC.CC.CC.CC.CC.CC.CC.CC.CC.CC.CC.CC(C)=CC=C(C)C.Cc1ccc(C)cc1. The normalized spacial score (nSPS) is 8.70. The highest BCUT2D eigenvalue weighted by atomic mass is 14.1. The maximum atomic E-state index is 3.89. The molecule has 0 bridgehead atoms. The van der Waals surface area contributed by atoms with Crippen molar-refractivity contribution >= 4 is 0 Å². The van der Waals surface area contributed by atoms with E-state index in [0.717, 1.165) is 0 Å². The molecule has 1 aromatic rings. The van der Waals surface area contributed by atoms with Gasteiger partial charge in [0.25, 0.3) is 0 Å². The van der Waals surface area contributed by atoms with Crippen LogP contribution in [0.1, 0.15) is 476 Å². The van der Waals surface area contributed by atoms with Gasteiger partial charge in [0.05, 0.1) is 0 Å². The van der Waals surface area contributed by atoms with E-state index in [2.05, 4.69) is 262 Å². The number of hydrogen-bond donors (Lipinski definition) is 0. The predicted octanol–water partition coefficient (Wildman–Crippen LogP) is 47.0. The van der Waals surface area contributed by atoms with Gasteiger partial charge in [0.15, 0.2) is 0 Å². The Bertz CT molecular complexity index is 1260. The fourth-order valence-corrected chi connectivity index (χ4v) is 5.32. The topological polar surface area (TPSA) is 0 Å². The van der Waals surface area contributed by atoms with Gasteiger partial charge in [-0.15, -0.1) is 105 Å². The van der Waals surface area contributed by atoms with E-state index in [1.165, 1.54) is 144 Å². The Morgan fingerprint density at radius 2 is 0.277 bits per heavy atom. The molecule has 0 saturated carbocycles. The van der Waals surface area contributed by atoms with Crippen molar-refractivity contribution in [3.8, 4) is 0 Å². The standard InChI is InChI=1S/C8H10.4C8H12.C8H14.24C2H6.8C2H4/c1-7-3-5-8(2)6-4-7;4*1-7-4-3-5-8(2)6-7;1-7(2)5-6-8(3)4;32*1-2/h3-6H,1-2H3;4*6H,1,3-5H2,2H3;5-6H,1-4H3;24*1-2H3;8*1-2H2. The second kappa shape index (κ2) is 418. The molecule has 0 aromatic heterocycles. The highest BCUT2D eigenvalue weighted by Crippen LogP contribution is 2.21. The Kier molecular flexibility index (Phi) is 819. The smallest absolute Gasteiger partial charge is 0.0282 e. The lowest BCUT2D eigenvalue weighted by Gasteiger charge is -2.08. The van der Waals surface area contributed by atoms with Crippen LogP contribution in [0.3, 0.4) is 0 Å². The Balaban J connectivity index is -0.0000000189. The predicted molar refractivity (Wildman–Crippen MR) is 584 cm³/mol. The van der Waals surface area contributed by atoms with E-state index < -0.39 is 0 Å². The minimum atomic E-state index is 1.21. The fourth-order valence-electron chi connectivity index (χ4n) is 5.32. The van der Waals surface area contributed by atoms with Crippen molar-refractivity contribution in [2.75, 3.05) is 0 Å². The number of benzene rings is 1. The molecule has 0 N–H and O–H groups in total. The van der Waals surface area contributed by atoms with Gasteiger partial charge in [-0.2, -0.15) is 0 Å². The summed E-state index contributed by atoms with van der Waals surface area (Å²) in [5.74, 6) is 0. The van der Waals surface area contributed by atoms with E-state index in [0.29, 0.717) is 0 Å². The lowest BCUT2D eigenvalue weighted by molar-refractivity contribution is 0.786. The summed E-state index contributed by atoms with van der Waals surface area (Å²) >= 11 is 0. The zero-order valence-corrected chi connectivity index (χ0v) is 92.4. The molecule has 0 unspecified atom stereocenters. The molecule has 0 radical (unpaired) electrons. The summed E-state index contributed by atoms with van der Waals surface area (Å²) in [4.78, 5) is 0. The summed E-state index contributed by atoms with van der Waals surface area (Å²) in [6, 6.07) is 8.48. The molecule has 0 atom stereocenters. The molecular weight excluding hydrogens is 1350 g/mol. The minimum Gasteiger partial charge on any atom is -0.106 e. The molecule has 0 spiro atoms. The van der Waals surface area contributed by atoms with Gasteiger partial charge in [0.1, 0.15) is 0 Å². The molecule has 0 nitrogen and oxygen atoms in total. The van der Waals surface area contributed by atoms with Crippen molar-refractivity contribution < 1.29 is 0 Å². The Labute approximate surface area is 733 Å². The van der Waals surface area contributed by atoms with Gasteiger partial charge in [-0.05, 0) is 146 Å². The van der Waals surface area contributed by atoms with Crippen molar-refractivity contribution in [1.29, 1.82) is 0 Å². The largest absolute Gasteiger partial charge is 0.106 e. The average Bonchev–Trinajstić information content (AvgIpc) is 0.996. The highest BCUT2D eigenvalue weighted by Gasteiger charge is 2.02. The van der Waals surface area contributed by atoms with Crippen LogP contribution < -0.4 is 0 Å². The van der Waals surface area contributed by atoms with Crippen LogP contribution in [0, 0.1) is 13.8 Å². The molecule has 0 amide bonds. The number of rotatable bonds is 1. The molecule has 0 saturated heterocycles. The van der Waals surface area contributed by atoms with Crippen LogP contribution in [-0.2, 0) is 0 Å². The van der Waals surface area contributed by atoms with Gasteiger partial charge in [-0.1, -0.05) is 486 Å². The molecule has 696 valence electrons. The second-order valence-corrected chi connectivity index (χ2v) is 14.7. The monoisotopic (exact) mass is 1590 g/mol. The van der Waals surface area contributed by atoms with Gasteiger partial charge in [0.2, 0.25) is 0 Å². The van der Waals surface area contributed by atoms with Crippen molar-refractivity contribution in [2.45, 2.75) is 479 Å². The van der Waals surface area contributed by atoms with Crippen LogP contribution in [0.4, 0.5) is 0 Å². The first-order chi connectivity index (χ1) is 54.6. The van der Waals surface area contributed by atoms with E-state index in [1.54, 1.807) is 0 Å². The summed E-state index contributed by atoms with van der Waals surface area (Å²) in [6.45, 7) is 181. The first-order valence-electron chi connectivity index (χ1n) is 46.3. The van der Waals surface area contributed by atoms with Gasteiger partial charge in [0, 0.05) is 0 Å². The van der Waals surface area contributed by atoms with E-state index in [-0.39, 0.29) is 0 Å². The summed E-state index contributed by atoms with van der Waals surface area (Å²) in [7, 11) is 0. The number of aryl methyl sites for hydroxylation is 2. The fraction of sp³-hybridized carbons (Fsp3) is 0.625. The van der Waals surface area contributed by atoms with E-state index in [4.69, 9.17) is 0 Å². The van der Waals surface area contributed by atoms with Crippen LogP contribution >= 0.6 is 0 Å². The molecule has 0 aliphatic heterocycles. The Hall–Kier alpha value is -5.46. The molecule has 1 aromatic carbocycles. The molecule has 4 aliphatic carbocycles. The van der Waals surface area contributed by atoms with E-state index >= 15 is 0 Å². The minimum absolute atomic E-state index is 1.21. The van der Waals surface area contributed by atoms with Gasteiger partial charge < -0.3 is 0 Å². The van der Waals surface area contributed by atoms with Crippen LogP contribution in [0.15, 0.2) is 248 Å². The van der Waals surface area contributed by atoms with Crippen molar-refractivity contribution in [3.05, 3.63) is 259 Å². The average molecular weight is 1600 g/mol. The molecule has 5 rings (SSSR count). The summed E-state index contributed by atoms with van der Waals surface area (Å²) in [5.41, 5.74) is 16.5. The zero-order chi connectivity index (χ0) is 100. The lowest BCUT2D eigenvalue weighted by atomic mass is 9.98.